The maximum absolute atomic E-state index is 11.9. The monoisotopic (exact) mass is 311 g/mol. The second-order valence-corrected chi connectivity index (χ2v) is 5.61. The fraction of sp³-hybridized carbons (Fsp3) is 0.263. The Kier molecular flexibility index (Phi) is 5.52. The van der Waals surface area contributed by atoms with Gasteiger partial charge in [-0.05, 0) is 55.7 Å². The smallest absolute Gasteiger partial charge is 0.311 e. The zero-order valence-electron chi connectivity index (χ0n) is 13.7. The molecule has 0 aromatic heterocycles. The predicted octanol–water partition coefficient (Wildman–Crippen LogP) is 3.80. The van der Waals surface area contributed by atoms with E-state index in [4.69, 9.17) is 4.74 Å². The van der Waals surface area contributed by atoms with Crippen LogP contribution in [0.2, 0.25) is 0 Å². The molecule has 1 N–H and O–H groups in total. The first-order valence-electron chi connectivity index (χ1n) is 7.58. The lowest BCUT2D eigenvalue weighted by molar-refractivity contribution is -0.134. The highest BCUT2D eigenvalue weighted by atomic mass is 16.5. The van der Waals surface area contributed by atoms with Gasteiger partial charge < -0.3 is 10.1 Å². The maximum atomic E-state index is 11.9. The van der Waals surface area contributed by atoms with E-state index in [1.165, 1.54) is 18.1 Å². The van der Waals surface area contributed by atoms with E-state index in [0.717, 1.165) is 5.56 Å². The van der Waals surface area contributed by atoms with Crippen LogP contribution >= 0.6 is 0 Å². The molecule has 4 nitrogen and oxygen atoms in total. The van der Waals surface area contributed by atoms with Crippen LogP contribution in [0.15, 0.2) is 42.5 Å². The summed E-state index contributed by atoms with van der Waals surface area (Å²) in [6.07, 6.45) is 0.992. The quantitative estimate of drug-likeness (QED) is 0.675. The van der Waals surface area contributed by atoms with E-state index in [2.05, 4.69) is 37.4 Å². The molecule has 2 aromatic carbocycles. The number of hydrogen-bond donors (Lipinski definition) is 1. The van der Waals surface area contributed by atoms with Gasteiger partial charge in [0, 0.05) is 19.0 Å². The molecule has 120 valence electrons. The molecule has 0 atom stereocenters. The minimum atomic E-state index is -0.266. The summed E-state index contributed by atoms with van der Waals surface area (Å²) in [4.78, 5) is 22.9. The molecular formula is C19H21NO3. The van der Waals surface area contributed by atoms with Crippen molar-refractivity contribution in [1.82, 2.24) is 0 Å². The third-order valence-electron chi connectivity index (χ3n) is 3.50. The third-order valence-corrected chi connectivity index (χ3v) is 3.50. The number of carbonyl (C=O) groups excluding carboxylic acids is 2. The van der Waals surface area contributed by atoms with Crippen molar-refractivity contribution in [3.05, 3.63) is 59.2 Å². The van der Waals surface area contributed by atoms with Crippen LogP contribution in [0.4, 0.5) is 5.69 Å². The van der Waals surface area contributed by atoms with Gasteiger partial charge >= 0.3 is 5.97 Å². The van der Waals surface area contributed by atoms with Crippen molar-refractivity contribution < 1.29 is 14.3 Å². The Bertz CT molecular complexity index is 705. The molecule has 4 heteroatoms. The SMILES string of the molecule is CC(=O)Nc1ccc(OC(=O)CCc2ccc(C)cc2C)cc1. The number of ether oxygens (including phenoxy) is 1. The van der Waals surface area contributed by atoms with Crippen LogP contribution in [-0.2, 0) is 16.0 Å². The molecule has 0 saturated carbocycles. The molecular weight excluding hydrogens is 290 g/mol. The number of carbonyl (C=O) groups is 2. The zero-order chi connectivity index (χ0) is 16.8. The minimum absolute atomic E-state index is 0.136. The van der Waals surface area contributed by atoms with Crippen molar-refractivity contribution in [2.75, 3.05) is 5.32 Å². The molecule has 0 bridgehead atoms. The van der Waals surface area contributed by atoms with Gasteiger partial charge in [0.15, 0.2) is 0 Å². The Balaban J connectivity index is 1.88. The van der Waals surface area contributed by atoms with E-state index in [9.17, 15) is 9.59 Å². The van der Waals surface area contributed by atoms with Crippen molar-refractivity contribution in [3.8, 4) is 5.75 Å². The van der Waals surface area contributed by atoms with E-state index in [-0.39, 0.29) is 11.9 Å². The fourth-order valence-corrected chi connectivity index (χ4v) is 2.36. The lowest BCUT2D eigenvalue weighted by atomic mass is 10.0. The molecule has 1 amide bonds. The van der Waals surface area contributed by atoms with Crippen LogP contribution in [-0.4, -0.2) is 11.9 Å². The van der Waals surface area contributed by atoms with E-state index in [1.54, 1.807) is 24.3 Å². The summed E-state index contributed by atoms with van der Waals surface area (Å²) in [6.45, 7) is 5.55. The second kappa shape index (κ2) is 7.58. The van der Waals surface area contributed by atoms with Crippen LogP contribution in [0.5, 0.6) is 5.75 Å². The first-order chi connectivity index (χ1) is 10.9. The number of hydrogen-bond acceptors (Lipinski definition) is 3. The molecule has 0 fully saturated rings. The Labute approximate surface area is 136 Å². The molecule has 0 aliphatic carbocycles. The summed E-state index contributed by atoms with van der Waals surface area (Å²) in [5, 5.41) is 2.66. The van der Waals surface area contributed by atoms with Gasteiger partial charge in [0.25, 0.3) is 0 Å². The van der Waals surface area contributed by atoms with Crippen molar-refractivity contribution >= 4 is 17.6 Å². The zero-order valence-corrected chi connectivity index (χ0v) is 13.7. The van der Waals surface area contributed by atoms with Crippen LogP contribution in [0.3, 0.4) is 0 Å². The largest absolute Gasteiger partial charge is 0.427 e. The van der Waals surface area contributed by atoms with E-state index in [0.29, 0.717) is 24.3 Å². The van der Waals surface area contributed by atoms with Crippen LogP contribution in [0.1, 0.15) is 30.0 Å². The molecule has 23 heavy (non-hydrogen) atoms. The molecule has 0 saturated heterocycles. The Morgan fingerprint density at radius 2 is 1.74 bits per heavy atom. The Hall–Kier alpha value is -2.62. The standard InChI is InChI=1S/C19H21NO3/c1-13-4-5-16(14(2)12-13)6-11-19(22)23-18-9-7-17(8-10-18)20-15(3)21/h4-5,7-10,12H,6,11H2,1-3H3,(H,20,21). The van der Waals surface area contributed by atoms with Gasteiger partial charge in [0.1, 0.15) is 5.75 Å². The maximum Gasteiger partial charge on any atom is 0.311 e. The molecule has 2 rings (SSSR count). The third kappa shape index (κ3) is 5.25. The molecule has 0 heterocycles. The van der Waals surface area contributed by atoms with E-state index < -0.39 is 0 Å². The average Bonchev–Trinajstić information content (AvgIpc) is 2.48. The van der Waals surface area contributed by atoms with E-state index in [1.807, 2.05) is 0 Å². The first-order valence-corrected chi connectivity index (χ1v) is 7.58. The van der Waals surface area contributed by atoms with Gasteiger partial charge in [-0.2, -0.15) is 0 Å². The van der Waals surface area contributed by atoms with Crippen LogP contribution in [0.25, 0.3) is 0 Å². The molecule has 0 aliphatic heterocycles. The Morgan fingerprint density at radius 3 is 2.35 bits per heavy atom. The summed E-state index contributed by atoms with van der Waals surface area (Å²) in [7, 11) is 0. The van der Waals surface area contributed by atoms with Crippen LogP contribution < -0.4 is 10.1 Å². The minimum Gasteiger partial charge on any atom is -0.427 e. The number of aryl methyl sites for hydroxylation is 3. The summed E-state index contributed by atoms with van der Waals surface area (Å²) >= 11 is 0. The van der Waals surface area contributed by atoms with Gasteiger partial charge in [-0.1, -0.05) is 23.8 Å². The number of rotatable bonds is 5. The predicted molar refractivity (Wildman–Crippen MR) is 90.6 cm³/mol. The molecule has 0 aliphatic rings. The lowest BCUT2D eigenvalue weighted by Crippen LogP contribution is -2.10. The highest BCUT2D eigenvalue weighted by Gasteiger charge is 2.07. The summed E-state index contributed by atoms with van der Waals surface area (Å²) in [5.41, 5.74) is 4.24. The molecule has 2 aromatic rings. The van der Waals surface area contributed by atoms with Crippen molar-refractivity contribution in [2.24, 2.45) is 0 Å². The van der Waals surface area contributed by atoms with Gasteiger partial charge in [-0.15, -0.1) is 0 Å². The normalized spacial score (nSPS) is 10.2. The molecule has 0 unspecified atom stereocenters. The van der Waals surface area contributed by atoms with Gasteiger partial charge in [0.05, 0.1) is 0 Å². The number of esters is 1. The van der Waals surface area contributed by atoms with Gasteiger partial charge in [-0.3, -0.25) is 9.59 Å². The summed E-state index contributed by atoms with van der Waals surface area (Å²) < 4.78 is 5.31. The molecule has 0 spiro atoms. The average molecular weight is 311 g/mol. The van der Waals surface area contributed by atoms with Crippen molar-refractivity contribution in [2.45, 2.75) is 33.6 Å². The van der Waals surface area contributed by atoms with Gasteiger partial charge in [-0.25, -0.2) is 0 Å². The number of amides is 1. The topological polar surface area (TPSA) is 55.4 Å². The molecule has 0 radical (unpaired) electrons. The summed E-state index contributed by atoms with van der Waals surface area (Å²) in [6, 6.07) is 13.0. The van der Waals surface area contributed by atoms with E-state index >= 15 is 0 Å². The summed E-state index contributed by atoms with van der Waals surface area (Å²) in [5.74, 6) is 0.0743. The van der Waals surface area contributed by atoms with Crippen LogP contribution in [0, 0.1) is 13.8 Å². The first kappa shape index (κ1) is 16.7. The fourth-order valence-electron chi connectivity index (χ4n) is 2.36. The van der Waals surface area contributed by atoms with Gasteiger partial charge in [0.2, 0.25) is 5.91 Å². The number of anilines is 1. The number of nitrogens with one attached hydrogen (secondary N) is 1. The van der Waals surface area contributed by atoms with Crippen molar-refractivity contribution in [3.63, 3.8) is 0 Å². The highest BCUT2D eigenvalue weighted by Crippen LogP contribution is 2.17. The Morgan fingerprint density at radius 1 is 1.04 bits per heavy atom. The number of benzene rings is 2. The van der Waals surface area contributed by atoms with Crippen molar-refractivity contribution in [1.29, 1.82) is 0 Å². The highest BCUT2D eigenvalue weighted by molar-refractivity contribution is 5.88. The second-order valence-electron chi connectivity index (χ2n) is 5.61. The lowest BCUT2D eigenvalue weighted by Gasteiger charge is -2.08.